The number of aromatic nitrogens is 1. The lowest BCUT2D eigenvalue weighted by Gasteiger charge is -2.40. The van der Waals surface area contributed by atoms with Crippen LogP contribution in [0, 0.1) is 11.3 Å². The van der Waals surface area contributed by atoms with Crippen LogP contribution in [0.4, 0.5) is 5.82 Å². The lowest BCUT2D eigenvalue weighted by Crippen LogP contribution is -2.45. The van der Waals surface area contributed by atoms with Gasteiger partial charge < -0.3 is 15.0 Å². The summed E-state index contributed by atoms with van der Waals surface area (Å²) in [6.45, 7) is 10.3. The van der Waals surface area contributed by atoms with Crippen molar-refractivity contribution in [3.63, 3.8) is 0 Å². The SMILES string of the molecule is CC(C)(C)[C@H]1OCCC[C@@H]1CNC(=O)c1ccc(N2CCCCCC2)nc1. The van der Waals surface area contributed by atoms with Crippen molar-refractivity contribution in [2.75, 3.05) is 31.1 Å². The third-order valence-electron chi connectivity index (χ3n) is 5.76. The molecule has 150 valence electrons. The zero-order valence-electron chi connectivity index (χ0n) is 17.2. The number of nitrogens with one attached hydrogen (secondary N) is 1. The third-order valence-corrected chi connectivity index (χ3v) is 5.76. The molecule has 2 fully saturated rings. The molecule has 0 aromatic carbocycles. The minimum atomic E-state index is -0.0388. The average molecular weight is 374 g/mol. The van der Waals surface area contributed by atoms with Crippen LogP contribution >= 0.6 is 0 Å². The standard InChI is InChI=1S/C22H35N3O2/c1-22(2,3)20-17(9-8-14-27-20)15-24-21(26)18-10-11-19(23-16-18)25-12-6-4-5-7-13-25/h10-11,16-17,20H,4-9,12-15H2,1-3H3,(H,24,26)/t17-,20+/m1/s1. The maximum atomic E-state index is 12.6. The summed E-state index contributed by atoms with van der Waals surface area (Å²) in [5, 5.41) is 3.11. The van der Waals surface area contributed by atoms with E-state index < -0.39 is 0 Å². The molecule has 2 atom stereocenters. The van der Waals surface area contributed by atoms with E-state index in [1.165, 1.54) is 25.7 Å². The maximum Gasteiger partial charge on any atom is 0.252 e. The first-order chi connectivity index (χ1) is 12.9. The Morgan fingerprint density at radius 2 is 1.93 bits per heavy atom. The van der Waals surface area contributed by atoms with Crippen molar-refractivity contribution in [1.82, 2.24) is 10.3 Å². The number of hydrogen-bond acceptors (Lipinski definition) is 4. The predicted octanol–water partition coefficient (Wildman–Crippen LogP) is 4.03. The molecule has 0 spiro atoms. The summed E-state index contributed by atoms with van der Waals surface area (Å²) in [6.07, 6.45) is 9.14. The van der Waals surface area contributed by atoms with E-state index in [1.807, 2.05) is 12.1 Å². The number of carbonyl (C=O) groups excluding carboxylic acids is 1. The lowest BCUT2D eigenvalue weighted by molar-refractivity contribution is -0.0839. The molecule has 0 saturated carbocycles. The Bertz CT molecular complexity index is 601. The summed E-state index contributed by atoms with van der Waals surface area (Å²) in [6, 6.07) is 3.89. The molecule has 0 bridgehead atoms. The van der Waals surface area contributed by atoms with Gasteiger partial charge in [-0.15, -0.1) is 0 Å². The zero-order valence-corrected chi connectivity index (χ0v) is 17.2. The van der Waals surface area contributed by atoms with Crippen molar-refractivity contribution < 1.29 is 9.53 Å². The molecule has 3 rings (SSSR count). The molecule has 2 saturated heterocycles. The van der Waals surface area contributed by atoms with Gasteiger partial charge in [0.1, 0.15) is 5.82 Å². The van der Waals surface area contributed by atoms with Crippen LogP contribution in [0.15, 0.2) is 18.3 Å². The number of rotatable bonds is 4. The highest BCUT2D eigenvalue weighted by molar-refractivity contribution is 5.94. The summed E-state index contributed by atoms with van der Waals surface area (Å²) in [5.74, 6) is 1.32. The van der Waals surface area contributed by atoms with Gasteiger partial charge in [0.25, 0.3) is 5.91 Å². The molecule has 0 aliphatic carbocycles. The van der Waals surface area contributed by atoms with Gasteiger partial charge in [0, 0.05) is 38.4 Å². The van der Waals surface area contributed by atoms with Gasteiger partial charge in [-0.1, -0.05) is 33.6 Å². The second kappa shape index (κ2) is 9.05. The number of amides is 1. The van der Waals surface area contributed by atoms with Crippen LogP contribution in [0.2, 0.25) is 0 Å². The van der Waals surface area contributed by atoms with Crippen molar-refractivity contribution in [2.24, 2.45) is 11.3 Å². The highest BCUT2D eigenvalue weighted by atomic mass is 16.5. The van der Waals surface area contributed by atoms with Gasteiger partial charge in [0.15, 0.2) is 0 Å². The van der Waals surface area contributed by atoms with Gasteiger partial charge in [-0.05, 0) is 43.2 Å². The average Bonchev–Trinajstić information content (AvgIpc) is 2.95. The van der Waals surface area contributed by atoms with E-state index >= 15 is 0 Å². The van der Waals surface area contributed by atoms with Gasteiger partial charge in [-0.2, -0.15) is 0 Å². The summed E-state index contributed by atoms with van der Waals surface area (Å²) < 4.78 is 6.02. The molecular weight excluding hydrogens is 338 g/mol. The number of anilines is 1. The topological polar surface area (TPSA) is 54.5 Å². The highest BCUT2D eigenvalue weighted by Crippen LogP contribution is 2.33. The molecule has 3 heterocycles. The quantitative estimate of drug-likeness (QED) is 0.866. The Morgan fingerprint density at radius 3 is 2.56 bits per heavy atom. The van der Waals surface area contributed by atoms with Crippen molar-refractivity contribution in [3.05, 3.63) is 23.9 Å². The first-order valence-electron chi connectivity index (χ1n) is 10.6. The summed E-state index contributed by atoms with van der Waals surface area (Å²) in [5.41, 5.74) is 0.726. The van der Waals surface area contributed by atoms with Crippen LogP contribution in [0.3, 0.4) is 0 Å². The smallest absolute Gasteiger partial charge is 0.252 e. The Balaban J connectivity index is 1.56. The Hall–Kier alpha value is -1.62. The normalized spacial score (nSPS) is 24.3. The molecule has 0 unspecified atom stereocenters. The first-order valence-corrected chi connectivity index (χ1v) is 10.6. The number of nitrogens with zero attached hydrogens (tertiary/aromatic N) is 2. The van der Waals surface area contributed by atoms with Crippen LogP contribution in [0.1, 0.15) is 69.7 Å². The lowest BCUT2D eigenvalue weighted by atomic mass is 9.78. The Labute approximate surface area is 163 Å². The molecule has 27 heavy (non-hydrogen) atoms. The maximum absolute atomic E-state index is 12.6. The van der Waals surface area contributed by atoms with Crippen LogP contribution in [0.25, 0.3) is 0 Å². The Kier molecular flexibility index (Phi) is 6.74. The van der Waals surface area contributed by atoms with Crippen molar-refractivity contribution in [2.45, 2.75) is 65.4 Å². The molecule has 5 nitrogen and oxygen atoms in total. The fourth-order valence-electron chi connectivity index (χ4n) is 4.34. The van der Waals surface area contributed by atoms with Crippen LogP contribution in [-0.2, 0) is 4.74 Å². The second-order valence-corrected chi connectivity index (χ2v) is 9.08. The van der Waals surface area contributed by atoms with Gasteiger partial charge in [-0.3, -0.25) is 4.79 Å². The fraction of sp³-hybridized carbons (Fsp3) is 0.727. The van der Waals surface area contributed by atoms with Crippen molar-refractivity contribution in [3.8, 4) is 0 Å². The first kappa shape index (κ1) is 20.1. The molecule has 2 aliphatic heterocycles. The van der Waals surface area contributed by atoms with E-state index in [2.05, 4.69) is 36.0 Å². The number of pyridine rings is 1. The molecule has 1 aromatic heterocycles. The van der Waals surface area contributed by atoms with Crippen LogP contribution < -0.4 is 10.2 Å². The van der Waals surface area contributed by atoms with E-state index in [1.54, 1.807) is 6.20 Å². The van der Waals surface area contributed by atoms with E-state index in [0.29, 0.717) is 18.0 Å². The largest absolute Gasteiger partial charge is 0.377 e. The summed E-state index contributed by atoms with van der Waals surface area (Å²) in [4.78, 5) is 19.5. The van der Waals surface area contributed by atoms with E-state index in [4.69, 9.17) is 4.74 Å². The molecule has 1 N–H and O–H groups in total. The van der Waals surface area contributed by atoms with E-state index in [9.17, 15) is 4.79 Å². The summed E-state index contributed by atoms with van der Waals surface area (Å²) in [7, 11) is 0. The van der Waals surface area contributed by atoms with E-state index in [-0.39, 0.29) is 17.4 Å². The van der Waals surface area contributed by atoms with Crippen LogP contribution in [-0.4, -0.2) is 43.2 Å². The second-order valence-electron chi connectivity index (χ2n) is 9.08. The zero-order chi connectivity index (χ0) is 19.3. The van der Waals surface area contributed by atoms with Crippen molar-refractivity contribution in [1.29, 1.82) is 0 Å². The van der Waals surface area contributed by atoms with E-state index in [0.717, 1.165) is 38.4 Å². The predicted molar refractivity (Wildman–Crippen MR) is 109 cm³/mol. The molecule has 2 aliphatic rings. The van der Waals surface area contributed by atoms with Gasteiger partial charge in [-0.25, -0.2) is 4.98 Å². The number of ether oxygens (including phenoxy) is 1. The number of carbonyl (C=O) groups is 1. The molecule has 0 radical (unpaired) electrons. The molecule has 1 aromatic rings. The minimum absolute atomic E-state index is 0.0388. The highest BCUT2D eigenvalue weighted by Gasteiger charge is 2.35. The molecular formula is C22H35N3O2. The van der Waals surface area contributed by atoms with Gasteiger partial charge >= 0.3 is 0 Å². The van der Waals surface area contributed by atoms with Crippen LogP contribution in [0.5, 0.6) is 0 Å². The fourth-order valence-corrected chi connectivity index (χ4v) is 4.34. The van der Waals surface area contributed by atoms with Gasteiger partial charge in [0.2, 0.25) is 0 Å². The Morgan fingerprint density at radius 1 is 1.19 bits per heavy atom. The van der Waals surface area contributed by atoms with Gasteiger partial charge in [0.05, 0.1) is 11.7 Å². The minimum Gasteiger partial charge on any atom is -0.377 e. The molecule has 5 heteroatoms. The third kappa shape index (κ3) is 5.44. The van der Waals surface area contributed by atoms with Crippen molar-refractivity contribution >= 4 is 11.7 Å². The summed E-state index contributed by atoms with van der Waals surface area (Å²) >= 11 is 0. The number of hydrogen-bond donors (Lipinski definition) is 1. The monoisotopic (exact) mass is 373 g/mol. The molecule has 1 amide bonds.